The second kappa shape index (κ2) is 7.63. The Morgan fingerprint density at radius 3 is 2.50 bits per heavy atom. The molecule has 126 valence electrons. The van der Waals surface area contributed by atoms with Gasteiger partial charge in [0.1, 0.15) is 0 Å². The number of hydrogen-bond acceptors (Lipinski definition) is 2. The van der Waals surface area contributed by atoms with Crippen molar-refractivity contribution in [1.82, 2.24) is 4.90 Å². The normalized spacial score (nSPS) is 14.8. The Bertz CT molecular complexity index is 696. The van der Waals surface area contributed by atoms with Gasteiger partial charge in [-0.3, -0.25) is 4.79 Å². The van der Waals surface area contributed by atoms with Crippen molar-refractivity contribution in [3.63, 3.8) is 0 Å². The summed E-state index contributed by atoms with van der Waals surface area (Å²) in [6, 6.07) is 16.1. The maximum absolute atomic E-state index is 12.5. The van der Waals surface area contributed by atoms with E-state index in [9.17, 15) is 4.79 Å². The third-order valence-corrected chi connectivity index (χ3v) is 4.82. The zero-order valence-electron chi connectivity index (χ0n) is 14.4. The van der Waals surface area contributed by atoms with E-state index in [0.717, 1.165) is 12.0 Å². The fraction of sp³-hybridized carbons (Fsp3) is 0.381. The molecule has 1 aliphatic carbocycles. The van der Waals surface area contributed by atoms with E-state index in [1.165, 1.54) is 36.0 Å². The van der Waals surface area contributed by atoms with Crippen LogP contribution in [0.2, 0.25) is 0 Å². The Balaban J connectivity index is 1.61. The second-order valence-electron chi connectivity index (χ2n) is 6.80. The molecular weight excluding hydrogens is 296 g/mol. The molecule has 0 aromatic heterocycles. The lowest BCUT2D eigenvalue weighted by Gasteiger charge is -2.22. The van der Waals surface area contributed by atoms with Crippen LogP contribution in [0.3, 0.4) is 0 Å². The number of amides is 1. The molecule has 1 atom stereocenters. The van der Waals surface area contributed by atoms with E-state index >= 15 is 0 Å². The van der Waals surface area contributed by atoms with Crippen LogP contribution in [0.25, 0.3) is 0 Å². The molecule has 0 bridgehead atoms. The number of carbonyl (C=O) groups excluding carboxylic acids is 1. The number of fused-ring (bicyclic) bond motifs is 1. The number of nitrogens with two attached hydrogens (primary N) is 1. The van der Waals surface area contributed by atoms with E-state index in [2.05, 4.69) is 18.2 Å². The minimum Gasteiger partial charge on any atom is -0.340 e. The molecule has 2 N–H and O–H groups in total. The molecule has 0 unspecified atom stereocenters. The summed E-state index contributed by atoms with van der Waals surface area (Å²) < 4.78 is 0. The molecule has 0 aliphatic heterocycles. The van der Waals surface area contributed by atoms with E-state index in [-0.39, 0.29) is 5.91 Å². The number of benzene rings is 2. The van der Waals surface area contributed by atoms with E-state index in [1.807, 2.05) is 37.4 Å². The first-order valence-corrected chi connectivity index (χ1v) is 8.78. The molecule has 2 aromatic rings. The average Bonchev–Trinajstić information content (AvgIpc) is 2.61. The summed E-state index contributed by atoms with van der Waals surface area (Å²) in [5.41, 5.74) is 11.4. The fourth-order valence-electron chi connectivity index (χ4n) is 3.47. The summed E-state index contributed by atoms with van der Waals surface area (Å²) in [4.78, 5) is 14.3. The third-order valence-electron chi connectivity index (χ3n) is 4.82. The van der Waals surface area contributed by atoms with Gasteiger partial charge in [0, 0.05) is 13.6 Å². The Morgan fingerprint density at radius 2 is 1.75 bits per heavy atom. The minimum atomic E-state index is -0.486. The van der Waals surface area contributed by atoms with Crippen molar-refractivity contribution in [1.29, 1.82) is 0 Å². The van der Waals surface area contributed by atoms with Gasteiger partial charge in [-0.25, -0.2) is 0 Å². The summed E-state index contributed by atoms with van der Waals surface area (Å²) in [6.07, 6.45) is 5.49. The molecule has 3 heteroatoms. The van der Waals surface area contributed by atoms with E-state index in [1.54, 1.807) is 4.90 Å². The number of likely N-dealkylation sites (N-methyl/N-ethyl adjacent to an activating group) is 1. The van der Waals surface area contributed by atoms with Crippen molar-refractivity contribution < 1.29 is 4.79 Å². The topological polar surface area (TPSA) is 46.3 Å². The Morgan fingerprint density at radius 1 is 1.04 bits per heavy atom. The summed E-state index contributed by atoms with van der Waals surface area (Å²) in [7, 11) is 1.82. The molecule has 0 fully saturated rings. The van der Waals surface area contributed by atoms with Crippen LogP contribution < -0.4 is 5.73 Å². The van der Waals surface area contributed by atoms with Crippen LogP contribution in [-0.2, 0) is 30.6 Å². The van der Waals surface area contributed by atoms with Gasteiger partial charge in [0.15, 0.2) is 0 Å². The standard InChI is InChI=1S/C21H26N2O/c1-23(15-16-7-3-2-4-8-16)21(24)20(22)14-17-11-12-18-9-5-6-10-19(18)13-17/h2-4,7-8,11-13,20H,5-6,9-10,14-15,22H2,1H3/t20-/m0/s1. The number of nitrogens with zero attached hydrogens (tertiary/aromatic N) is 1. The maximum atomic E-state index is 12.5. The largest absolute Gasteiger partial charge is 0.340 e. The van der Waals surface area contributed by atoms with Crippen LogP contribution in [0.15, 0.2) is 48.5 Å². The lowest BCUT2D eigenvalue weighted by molar-refractivity contribution is -0.131. The van der Waals surface area contributed by atoms with Gasteiger partial charge in [0.25, 0.3) is 0 Å². The first-order chi connectivity index (χ1) is 11.6. The minimum absolute atomic E-state index is 0.00317. The highest BCUT2D eigenvalue weighted by atomic mass is 16.2. The summed E-state index contributed by atoms with van der Waals surface area (Å²) >= 11 is 0. The molecular formula is C21H26N2O. The average molecular weight is 322 g/mol. The van der Waals surface area contributed by atoms with Crippen molar-refractivity contribution in [2.75, 3.05) is 7.05 Å². The SMILES string of the molecule is CN(Cc1ccccc1)C(=O)[C@@H](N)Cc1ccc2c(c1)CCCC2. The lowest BCUT2D eigenvalue weighted by Crippen LogP contribution is -2.42. The van der Waals surface area contributed by atoms with Gasteiger partial charge in [0.2, 0.25) is 5.91 Å². The van der Waals surface area contributed by atoms with Gasteiger partial charge in [-0.2, -0.15) is 0 Å². The highest BCUT2D eigenvalue weighted by Crippen LogP contribution is 2.22. The number of aryl methyl sites for hydroxylation is 2. The van der Waals surface area contributed by atoms with Crippen LogP contribution in [0.4, 0.5) is 0 Å². The number of hydrogen-bond donors (Lipinski definition) is 1. The molecule has 0 saturated heterocycles. The highest BCUT2D eigenvalue weighted by molar-refractivity contribution is 5.81. The Kier molecular flexibility index (Phi) is 5.31. The Hall–Kier alpha value is -2.13. The lowest BCUT2D eigenvalue weighted by atomic mass is 9.89. The quantitative estimate of drug-likeness (QED) is 0.919. The monoisotopic (exact) mass is 322 g/mol. The van der Waals surface area contributed by atoms with Crippen molar-refractivity contribution in [2.45, 2.75) is 44.7 Å². The summed E-state index contributed by atoms with van der Waals surface area (Å²) in [5, 5.41) is 0. The maximum Gasteiger partial charge on any atom is 0.239 e. The number of rotatable bonds is 5. The first-order valence-electron chi connectivity index (χ1n) is 8.78. The predicted octanol–water partition coefficient (Wildman–Crippen LogP) is 3.09. The second-order valence-corrected chi connectivity index (χ2v) is 6.80. The van der Waals surface area contributed by atoms with Crippen molar-refractivity contribution in [3.05, 3.63) is 70.8 Å². The van der Waals surface area contributed by atoms with Gasteiger partial charge in [-0.1, -0.05) is 48.5 Å². The molecule has 0 saturated carbocycles. The van der Waals surface area contributed by atoms with Crippen LogP contribution >= 0.6 is 0 Å². The molecule has 3 rings (SSSR count). The Labute approximate surface area is 144 Å². The highest BCUT2D eigenvalue weighted by Gasteiger charge is 2.19. The van der Waals surface area contributed by atoms with Crippen LogP contribution in [-0.4, -0.2) is 23.9 Å². The molecule has 24 heavy (non-hydrogen) atoms. The third kappa shape index (κ3) is 4.04. The summed E-state index contributed by atoms with van der Waals surface area (Å²) in [5.74, 6) is -0.00317. The molecule has 1 aliphatic rings. The smallest absolute Gasteiger partial charge is 0.239 e. The van der Waals surface area contributed by atoms with Gasteiger partial charge in [0.05, 0.1) is 6.04 Å². The van der Waals surface area contributed by atoms with Crippen molar-refractivity contribution in [2.24, 2.45) is 5.73 Å². The molecule has 3 nitrogen and oxygen atoms in total. The fourth-order valence-corrected chi connectivity index (χ4v) is 3.47. The van der Waals surface area contributed by atoms with Gasteiger partial charge in [-0.15, -0.1) is 0 Å². The van der Waals surface area contributed by atoms with Gasteiger partial charge in [-0.05, 0) is 54.4 Å². The van der Waals surface area contributed by atoms with E-state index in [0.29, 0.717) is 13.0 Å². The van der Waals surface area contributed by atoms with Crippen molar-refractivity contribution >= 4 is 5.91 Å². The molecule has 1 amide bonds. The summed E-state index contributed by atoms with van der Waals surface area (Å²) in [6.45, 7) is 0.595. The van der Waals surface area contributed by atoms with Crippen LogP contribution in [0.1, 0.15) is 35.1 Å². The molecule has 0 radical (unpaired) electrons. The van der Waals surface area contributed by atoms with Crippen LogP contribution in [0, 0.1) is 0 Å². The van der Waals surface area contributed by atoms with E-state index in [4.69, 9.17) is 5.73 Å². The van der Waals surface area contributed by atoms with Gasteiger partial charge >= 0.3 is 0 Å². The predicted molar refractivity (Wildman–Crippen MR) is 97.7 cm³/mol. The zero-order valence-corrected chi connectivity index (χ0v) is 14.4. The molecule has 2 aromatic carbocycles. The molecule has 0 heterocycles. The molecule has 0 spiro atoms. The van der Waals surface area contributed by atoms with E-state index < -0.39 is 6.04 Å². The zero-order chi connectivity index (χ0) is 16.9. The van der Waals surface area contributed by atoms with Gasteiger partial charge < -0.3 is 10.6 Å². The van der Waals surface area contributed by atoms with Crippen molar-refractivity contribution in [3.8, 4) is 0 Å². The first kappa shape index (κ1) is 16.7. The van der Waals surface area contributed by atoms with Crippen LogP contribution in [0.5, 0.6) is 0 Å². The number of carbonyl (C=O) groups is 1.